The number of fused-ring (bicyclic) bond motifs is 1. The zero-order valence-electron chi connectivity index (χ0n) is 16.6. The van der Waals surface area contributed by atoms with Crippen LogP contribution in [-0.2, 0) is 39.1 Å². The van der Waals surface area contributed by atoms with Crippen molar-refractivity contribution in [2.45, 2.75) is 31.7 Å². The summed E-state index contributed by atoms with van der Waals surface area (Å²) in [5.74, 6) is -0.181. The monoisotopic (exact) mass is 477 g/mol. The summed E-state index contributed by atoms with van der Waals surface area (Å²) >= 11 is 0. The Hall–Kier alpha value is 0.150. The summed E-state index contributed by atoms with van der Waals surface area (Å²) in [6.07, 6.45) is 8.80. The van der Waals surface area contributed by atoms with E-state index in [0.29, 0.717) is 6.04 Å². The molecule has 1 radical (unpaired) electrons. The molecule has 1 unspecified atom stereocenters. The van der Waals surface area contributed by atoms with Gasteiger partial charge in [-0.2, -0.15) is 25.2 Å². The Bertz CT molecular complexity index is 778. The molecule has 1 aliphatic heterocycles. The molecule has 0 amide bonds. The molecule has 0 spiro atoms. The number of benzene rings is 2. The molecule has 6 heteroatoms. The number of nitrogens with zero attached hydrogens (tertiary/aromatic N) is 1. The van der Waals surface area contributed by atoms with E-state index >= 15 is 0 Å². The summed E-state index contributed by atoms with van der Waals surface area (Å²) in [4.78, 5) is 0. The normalized spacial score (nSPS) is 17.0. The van der Waals surface area contributed by atoms with Gasteiger partial charge in [-0.25, -0.2) is 4.39 Å². The second-order valence-corrected chi connectivity index (χ2v) is 6.36. The van der Waals surface area contributed by atoms with Crippen LogP contribution in [0, 0.1) is 11.9 Å². The zero-order chi connectivity index (χ0) is 18.4. The maximum absolute atomic E-state index is 13.2. The molecule has 4 rings (SSSR count). The SMILES string of the molecule is C[NH-].Fc1ccc(CC2CC3=CCCC=C3N2Nc2cc[c-]cc2)cc1.[K+].[Y]. The van der Waals surface area contributed by atoms with Crippen molar-refractivity contribution in [3.63, 3.8) is 0 Å². The average Bonchev–Trinajstić information content (AvgIpc) is 3.03. The summed E-state index contributed by atoms with van der Waals surface area (Å²) in [5.41, 5.74) is 14.2. The topological polar surface area (TPSA) is 39.1 Å². The molecule has 2 aliphatic rings. The van der Waals surface area contributed by atoms with Crippen molar-refractivity contribution in [2.75, 3.05) is 12.5 Å². The van der Waals surface area contributed by atoms with Gasteiger partial charge in [-0.05, 0) is 49.0 Å². The van der Waals surface area contributed by atoms with E-state index in [4.69, 9.17) is 5.73 Å². The van der Waals surface area contributed by atoms with Gasteiger partial charge in [0.05, 0.1) is 11.7 Å². The van der Waals surface area contributed by atoms with Gasteiger partial charge in [0.2, 0.25) is 0 Å². The minimum absolute atomic E-state index is 0. The molecule has 0 saturated carbocycles. The first-order valence-electron chi connectivity index (χ1n) is 8.95. The maximum Gasteiger partial charge on any atom is 1.00 e. The van der Waals surface area contributed by atoms with Crippen LogP contribution in [-0.4, -0.2) is 18.1 Å². The number of rotatable bonds is 4. The molecule has 28 heavy (non-hydrogen) atoms. The fraction of sp³-hybridized carbons (Fsp3) is 0.273. The smallest absolute Gasteiger partial charge is 0.680 e. The van der Waals surface area contributed by atoms with Crippen LogP contribution in [0.5, 0.6) is 0 Å². The molecular weight excluding hydrogens is 453 g/mol. The molecule has 2 aromatic carbocycles. The zero-order valence-corrected chi connectivity index (χ0v) is 22.5. The van der Waals surface area contributed by atoms with Crippen molar-refractivity contribution < 1.29 is 88.5 Å². The number of nitrogens with one attached hydrogen (secondary N) is 2. The fourth-order valence-electron chi connectivity index (χ4n) is 3.50. The average molecular weight is 477 g/mol. The van der Waals surface area contributed by atoms with Crippen LogP contribution in [0.15, 0.2) is 72.0 Å². The van der Waals surface area contributed by atoms with E-state index < -0.39 is 0 Å². The number of anilines is 1. The first-order chi connectivity index (χ1) is 12.8. The summed E-state index contributed by atoms with van der Waals surface area (Å²) in [5, 5.41) is 2.28. The largest absolute Gasteiger partial charge is 1.00 e. The molecular formula is C22H24FKN3Y-. The molecule has 2 aromatic rings. The number of hydrogen-bond donors (Lipinski definition) is 1. The third kappa shape index (κ3) is 6.85. The third-order valence-electron chi connectivity index (χ3n) is 4.66. The molecule has 0 aromatic heterocycles. The predicted octanol–water partition coefficient (Wildman–Crippen LogP) is 2.54. The fourth-order valence-corrected chi connectivity index (χ4v) is 3.50. The van der Waals surface area contributed by atoms with E-state index in [1.807, 2.05) is 36.4 Å². The Kier molecular flexibility index (Phi) is 12.6. The summed E-state index contributed by atoms with van der Waals surface area (Å²) < 4.78 is 13.2. The van der Waals surface area contributed by atoms with E-state index in [2.05, 4.69) is 28.7 Å². The van der Waals surface area contributed by atoms with Crippen LogP contribution in [0.3, 0.4) is 0 Å². The van der Waals surface area contributed by atoms with E-state index in [1.165, 1.54) is 18.3 Å². The van der Waals surface area contributed by atoms with Crippen molar-refractivity contribution in [3.05, 3.63) is 95.1 Å². The van der Waals surface area contributed by atoms with Crippen molar-refractivity contribution >= 4 is 5.69 Å². The van der Waals surface area contributed by atoms with E-state index in [-0.39, 0.29) is 89.9 Å². The van der Waals surface area contributed by atoms with Gasteiger partial charge in [-0.15, -0.1) is 12.1 Å². The Morgan fingerprint density at radius 1 is 1.07 bits per heavy atom. The second kappa shape index (κ2) is 13.5. The van der Waals surface area contributed by atoms with E-state index in [9.17, 15) is 4.39 Å². The number of halogens is 1. The van der Waals surface area contributed by atoms with Gasteiger partial charge in [0, 0.05) is 32.7 Å². The summed E-state index contributed by atoms with van der Waals surface area (Å²) in [7, 11) is 1.25. The molecule has 1 atom stereocenters. The third-order valence-corrected chi connectivity index (χ3v) is 4.66. The van der Waals surface area contributed by atoms with Gasteiger partial charge in [0.25, 0.3) is 0 Å². The minimum atomic E-state index is -0.181. The molecule has 1 heterocycles. The molecule has 3 nitrogen and oxygen atoms in total. The number of allylic oxidation sites excluding steroid dienone is 3. The van der Waals surface area contributed by atoms with Crippen molar-refractivity contribution in [2.24, 2.45) is 0 Å². The predicted molar refractivity (Wildman–Crippen MR) is 105 cm³/mol. The Balaban J connectivity index is 0.000000950. The van der Waals surface area contributed by atoms with Gasteiger partial charge in [0.15, 0.2) is 0 Å². The number of hydrogen-bond acceptors (Lipinski definition) is 2. The van der Waals surface area contributed by atoms with Gasteiger partial charge < -0.3 is 11.2 Å². The quantitative estimate of drug-likeness (QED) is 0.543. The van der Waals surface area contributed by atoms with Crippen LogP contribution in [0.1, 0.15) is 24.8 Å². The van der Waals surface area contributed by atoms with Crippen LogP contribution in [0.2, 0.25) is 0 Å². The van der Waals surface area contributed by atoms with Crippen LogP contribution in [0.25, 0.3) is 5.73 Å². The summed E-state index contributed by atoms with van der Waals surface area (Å²) in [6.45, 7) is 0. The molecule has 1 aliphatic carbocycles. The van der Waals surface area contributed by atoms with E-state index in [1.54, 1.807) is 12.1 Å². The van der Waals surface area contributed by atoms with Gasteiger partial charge in [-0.1, -0.05) is 30.0 Å². The van der Waals surface area contributed by atoms with Gasteiger partial charge in [0.1, 0.15) is 5.82 Å². The standard InChI is InChI=1S/C21H20FN2.CH4N.K.Y/c22-18-12-10-16(11-13-18)14-20-15-17-6-4-5-9-21(17)24(20)23-19-7-2-1-3-8-19;1-2;;/h2-3,6-13,20,23H,4-5,14-15H2;2H,1H3;;/q2*-1;+1;. The molecule has 0 bridgehead atoms. The van der Waals surface area contributed by atoms with Gasteiger partial charge >= 0.3 is 51.4 Å². The van der Waals surface area contributed by atoms with Crippen molar-refractivity contribution in [1.29, 1.82) is 0 Å². The molecule has 1 fully saturated rings. The molecule has 139 valence electrons. The first-order valence-corrected chi connectivity index (χ1v) is 8.95. The van der Waals surface area contributed by atoms with Gasteiger partial charge in [-0.3, -0.25) is 5.01 Å². The Morgan fingerprint density at radius 2 is 1.71 bits per heavy atom. The Morgan fingerprint density at radius 3 is 2.39 bits per heavy atom. The summed E-state index contributed by atoms with van der Waals surface area (Å²) in [6, 6.07) is 18.1. The first kappa shape index (κ1) is 26.2. The van der Waals surface area contributed by atoms with Crippen molar-refractivity contribution in [1.82, 2.24) is 5.01 Å². The van der Waals surface area contributed by atoms with E-state index in [0.717, 1.165) is 36.9 Å². The molecule has 2 N–H and O–H groups in total. The minimum Gasteiger partial charge on any atom is -0.680 e. The molecule has 1 saturated heterocycles. The Labute approximate surface area is 235 Å². The van der Waals surface area contributed by atoms with Crippen LogP contribution < -0.4 is 56.8 Å². The van der Waals surface area contributed by atoms with Crippen LogP contribution in [0.4, 0.5) is 10.1 Å². The van der Waals surface area contributed by atoms with Crippen LogP contribution >= 0.6 is 0 Å². The number of hydrazine groups is 1. The van der Waals surface area contributed by atoms with Crippen molar-refractivity contribution in [3.8, 4) is 0 Å². The second-order valence-electron chi connectivity index (χ2n) is 6.36. The maximum atomic E-state index is 13.2.